The second kappa shape index (κ2) is 7.89. The van der Waals surface area contributed by atoms with Crippen molar-refractivity contribution in [3.63, 3.8) is 0 Å². The fourth-order valence-electron chi connectivity index (χ4n) is 4.04. The summed E-state index contributed by atoms with van der Waals surface area (Å²) in [6.07, 6.45) is 7.38. The topological polar surface area (TPSA) is 68.2 Å². The molecule has 6 heteroatoms. The highest BCUT2D eigenvalue weighted by atomic mass is 32.2. The highest BCUT2D eigenvalue weighted by Gasteiger charge is 2.22. The minimum atomic E-state index is -3.20. The minimum Gasteiger partial charge on any atom is -0.348 e. The van der Waals surface area contributed by atoms with Gasteiger partial charge >= 0.3 is 0 Å². The van der Waals surface area contributed by atoms with Gasteiger partial charge in [-0.1, -0.05) is 31.4 Å². The van der Waals surface area contributed by atoms with E-state index in [0.29, 0.717) is 12.6 Å². The van der Waals surface area contributed by atoms with Crippen LogP contribution in [0.3, 0.4) is 0 Å². The van der Waals surface area contributed by atoms with Gasteiger partial charge in [-0.05, 0) is 50.5 Å². The van der Waals surface area contributed by atoms with Crippen LogP contribution in [-0.4, -0.2) is 25.1 Å². The first-order valence-corrected chi connectivity index (χ1v) is 11.4. The summed E-state index contributed by atoms with van der Waals surface area (Å²) in [5.41, 5.74) is 3.77. The van der Waals surface area contributed by atoms with Crippen LogP contribution in [0.15, 0.2) is 35.2 Å². The second-order valence-electron chi connectivity index (χ2n) is 7.55. The molecule has 1 aromatic carbocycles. The molecule has 27 heavy (non-hydrogen) atoms. The third kappa shape index (κ3) is 4.43. The fourth-order valence-corrected chi connectivity index (χ4v) is 4.67. The Labute approximate surface area is 161 Å². The van der Waals surface area contributed by atoms with Crippen LogP contribution >= 0.6 is 0 Å². The van der Waals surface area contributed by atoms with Gasteiger partial charge in [-0.15, -0.1) is 0 Å². The number of amides is 1. The van der Waals surface area contributed by atoms with E-state index in [9.17, 15) is 13.2 Å². The number of nitrogens with zero attached hydrogens (tertiary/aromatic N) is 1. The molecule has 0 unspecified atom stereocenters. The molecule has 5 nitrogen and oxygen atoms in total. The van der Waals surface area contributed by atoms with Crippen molar-refractivity contribution in [2.24, 2.45) is 0 Å². The monoisotopic (exact) mass is 388 g/mol. The molecule has 0 radical (unpaired) electrons. The zero-order chi connectivity index (χ0) is 19.6. The summed E-state index contributed by atoms with van der Waals surface area (Å²) >= 11 is 0. The van der Waals surface area contributed by atoms with Crippen LogP contribution in [0.2, 0.25) is 0 Å². The van der Waals surface area contributed by atoms with Crippen LogP contribution in [-0.2, 0) is 16.4 Å². The molecule has 1 fully saturated rings. The number of rotatable bonds is 5. The van der Waals surface area contributed by atoms with Gasteiger partial charge in [0.2, 0.25) is 0 Å². The van der Waals surface area contributed by atoms with Crippen LogP contribution in [0, 0.1) is 13.8 Å². The van der Waals surface area contributed by atoms with Crippen LogP contribution < -0.4 is 5.32 Å². The average Bonchev–Trinajstić information content (AvgIpc) is 2.94. The average molecular weight is 389 g/mol. The van der Waals surface area contributed by atoms with E-state index in [1.165, 1.54) is 38.4 Å². The Morgan fingerprint density at radius 1 is 1.11 bits per heavy atom. The summed E-state index contributed by atoms with van der Waals surface area (Å²) in [4.78, 5) is 13.0. The molecule has 0 saturated heterocycles. The van der Waals surface area contributed by atoms with Gasteiger partial charge in [0.05, 0.1) is 10.5 Å². The Bertz CT molecular complexity index is 921. The Morgan fingerprint density at radius 3 is 2.33 bits per heavy atom. The highest BCUT2D eigenvalue weighted by molar-refractivity contribution is 7.90. The summed E-state index contributed by atoms with van der Waals surface area (Å²) in [6.45, 7) is 4.47. The van der Waals surface area contributed by atoms with Crippen LogP contribution in [0.4, 0.5) is 0 Å². The molecule has 2 aromatic rings. The molecule has 0 spiro atoms. The van der Waals surface area contributed by atoms with Gasteiger partial charge in [0, 0.05) is 30.2 Å². The van der Waals surface area contributed by atoms with Crippen molar-refractivity contribution in [3.8, 4) is 0 Å². The quantitative estimate of drug-likeness (QED) is 0.843. The van der Waals surface area contributed by atoms with Crippen LogP contribution in [0.5, 0.6) is 0 Å². The Balaban J connectivity index is 1.69. The molecule has 146 valence electrons. The number of sulfone groups is 1. The molecular weight excluding hydrogens is 360 g/mol. The SMILES string of the molecule is Cc1cc(C(=O)NCc2ccc(S(C)(=O)=O)cc2)c(C)n1C1CCCCC1. The summed E-state index contributed by atoms with van der Waals surface area (Å²) in [5.74, 6) is -0.0858. The maximum Gasteiger partial charge on any atom is 0.253 e. The number of benzene rings is 1. The molecular formula is C21H28N2O3S. The van der Waals surface area contributed by atoms with Gasteiger partial charge in [0.25, 0.3) is 5.91 Å². The van der Waals surface area contributed by atoms with Gasteiger partial charge in [-0.3, -0.25) is 4.79 Å². The normalized spacial score (nSPS) is 15.7. The van der Waals surface area contributed by atoms with E-state index < -0.39 is 9.84 Å². The first kappa shape index (κ1) is 19.7. The largest absolute Gasteiger partial charge is 0.348 e. The Hall–Kier alpha value is -2.08. The molecule has 1 aliphatic rings. The lowest BCUT2D eigenvalue weighted by Crippen LogP contribution is -2.24. The van der Waals surface area contributed by atoms with Crippen molar-refractivity contribution in [1.82, 2.24) is 9.88 Å². The van der Waals surface area contributed by atoms with E-state index in [-0.39, 0.29) is 10.8 Å². The lowest BCUT2D eigenvalue weighted by molar-refractivity contribution is 0.0950. The minimum absolute atomic E-state index is 0.0858. The van der Waals surface area contributed by atoms with Gasteiger partial charge < -0.3 is 9.88 Å². The summed E-state index contributed by atoms with van der Waals surface area (Å²) in [7, 11) is -3.20. The lowest BCUT2D eigenvalue weighted by Gasteiger charge is -2.26. The van der Waals surface area contributed by atoms with E-state index >= 15 is 0 Å². The Kier molecular flexibility index (Phi) is 5.75. The first-order chi connectivity index (χ1) is 12.8. The number of hydrogen-bond acceptors (Lipinski definition) is 3. The second-order valence-corrected chi connectivity index (χ2v) is 9.56. The van der Waals surface area contributed by atoms with E-state index in [2.05, 4.69) is 16.8 Å². The van der Waals surface area contributed by atoms with Crippen molar-refractivity contribution in [1.29, 1.82) is 0 Å². The first-order valence-electron chi connectivity index (χ1n) is 9.53. The number of aromatic nitrogens is 1. The van der Waals surface area contributed by atoms with Crippen molar-refractivity contribution in [3.05, 3.63) is 52.8 Å². The van der Waals surface area contributed by atoms with Crippen molar-refractivity contribution in [2.45, 2.75) is 63.4 Å². The van der Waals surface area contributed by atoms with Crippen LogP contribution in [0.25, 0.3) is 0 Å². The third-order valence-electron chi connectivity index (χ3n) is 5.47. The lowest BCUT2D eigenvalue weighted by atomic mass is 9.95. The van der Waals surface area contributed by atoms with E-state index in [0.717, 1.165) is 22.5 Å². The standard InChI is InChI=1S/C21H28N2O3S/c1-15-13-20(16(2)23(15)18-7-5-4-6-8-18)21(24)22-14-17-9-11-19(12-10-17)27(3,25)26/h9-13,18H,4-8,14H2,1-3H3,(H,22,24). The molecule has 1 N–H and O–H groups in total. The number of carbonyl (C=O) groups excluding carboxylic acids is 1. The maximum atomic E-state index is 12.7. The maximum absolute atomic E-state index is 12.7. The Morgan fingerprint density at radius 2 is 1.74 bits per heavy atom. The van der Waals surface area contributed by atoms with Crippen molar-refractivity contribution >= 4 is 15.7 Å². The van der Waals surface area contributed by atoms with E-state index in [1.54, 1.807) is 24.3 Å². The van der Waals surface area contributed by atoms with Gasteiger partial charge in [-0.2, -0.15) is 0 Å². The van der Waals surface area contributed by atoms with Crippen molar-refractivity contribution in [2.75, 3.05) is 6.26 Å². The summed E-state index contributed by atoms with van der Waals surface area (Å²) in [6, 6.07) is 9.11. The number of aryl methyl sites for hydroxylation is 1. The molecule has 1 saturated carbocycles. The molecule has 3 rings (SSSR count). The number of nitrogens with one attached hydrogen (secondary N) is 1. The highest BCUT2D eigenvalue weighted by Crippen LogP contribution is 2.32. The molecule has 0 atom stereocenters. The summed E-state index contributed by atoms with van der Waals surface area (Å²) in [5, 5.41) is 2.96. The third-order valence-corrected chi connectivity index (χ3v) is 6.60. The van der Waals surface area contributed by atoms with Gasteiger partial charge in [0.15, 0.2) is 9.84 Å². The zero-order valence-electron chi connectivity index (χ0n) is 16.3. The zero-order valence-corrected chi connectivity index (χ0v) is 17.1. The fraction of sp³-hybridized carbons (Fsp3) is 0.476. The smallest absolute Gasteiger partial charge is 0.253 e. The number of hydrogen-bond donors (Lipinski definition) is 1. The summed E-state index contributed by atoms with van der Waals surface area (Å²) < 4.78 is 25.4. The van der Waals surface area contributed by atoms with Crippen LogP contribution in [0.1, 0.15) is 65.5 Å². The van der Waals surface area contributed by atoms with E-state index in [4.69, 9.17) is 0 Å². The molecule has 0 bridgehead atoms. The number of carbonyl (C=O) groups is 1. The van der Waals surface area contributed by atoms with Crippen molar-refractivity contribution < 1.29 is 13.2 Å². The molecule has 1 aliphatic carbocycles. The molecule has 1 amide bonds. The predicted molar refractivity (Wildman–Crippen MR) is 107 cm³/mol. The van der Waals surface area contributed by atoms with Gasteiger partial charge in [0.1, 0.15) is 0 Å². The molecule has 1 heterocycles. The predicted octanol–water partition coefficient (Wildman–Crippen LogP) is 3.94. The molecule has 1 aromatic heterocycles. The van der Waals surface area contributed by atoms with Gasteiger partial charge in [-0.25, -0.2) is 8.42 Å². The van der Waals surface area contributed by atoms with E-state index in [1.807, 2.05) is 13.0 Å². The molecule has 0 aliphatic heterocycles.